The lowest BCUT2D eigenvalue weighted by Crippen LogP contribution is -2.77. The fourth-order valence-corrected chi connectivity index (χ4v) is 4.53. The minimum Gasteiger partial charge on any atom is -0.444 e. The highest BCUT2D eigenvalue weighted by molar-refractivity contribution is 5.70. The van der Waals surface area contributed by atoms with Gasteiger partial charge in [0.05, 0.1) is 11.8 Å². The third-order valence-corrected chi connectivity index (χ3v) is 5.67. The minimum absolute atomic E-state index is 0.0835. The van der Waals surface area contributed by atoms with E-state index in [-0.39, 0.29) is 29.7 Å². The summed E-state index contributed by atoms with van der Waals surface area (Å²) in [4.78, 5) is 11.9. The third-order valence-electron chi connectivity index (χ3n) is 5.67. The van der Waals surface area contributed by atoms with E-state index in [4.69, 9.17) is 9.26 Å². The van der Waals surface area contributed by atoms with Crippen LogP contribution in [0.3, 0.4) is 0 Å². The van der Waals surface area contributed by atoms with Gasteiger partial charge in [-0.25, -0.2) is 4.79 Å². The van der Waals surface area contributed by atoms with Crippen molar-refractivity contribution in [1.29, 1.82) is 0 Å². The highest BCUT2D eigenvalue weighted by Gasteiger charge is 2.70. The summed E-state index contributed by atoms with van der Waals surface area (Å²) >= 11 is 0. The Morgan fingerprint density at radius 3 is 2.44 bits per heavy atom. The van der Waals surface area contributed by atoms with Gasteiger partial charge >= 0.3 is 12.5 Å². The van der Waals surface area contributed by atoms with Crippen LogP contribution in [0.25, 0.3) is 0 Å². The van der Waals surface area contributed by atoms with Crippen LogP contribution in [-0.4, -0.2) is 34.9 Å². The summed E-state index contributed by atoms with van der Waals surface area (Å²) in [5.41, 5.74) is -0.0418. The summed E-state index contributed by atoms with van der Waals surface area (Å²) in [5, 5.41) is 7.08. The Labute approximate surface area is 154 Å². The molecule has 0 spiro atoms. The summed E-state index contributed by atoms with van der Waals surface area (Å²) in [6.45, 7) is 5.45. The van der Waals surface area contributed by atoms with Gasteiger partial charge in [-0.2, -0.15) is 0 Å². The lowest BCUT2D eigenvalue weighted by Gasteiger charge is -2.69. The smallest absolute Gasteiger partial charge is 0.444 e. The van der Waals surface area contributed by atoms with Crippen LogP contribution in [0.15, 0.2) is 10.6 Å². The predicted molar refractivity (Wildman–Crippen MR) is 87.0 cm³/mol. The Hall–Kier alpha value is -1.77. The Kier molecular flexibility index (Phi) is 3.87. The number of ether oxygens (including phenoxy) is 2. The lowest BCUT2D eigenvalue weighted by molar-refractivity contribution is -0.352. The third kappa shape index (κ3) is 3.53. The fraction of sp³-hybridized carbons (Fsp3) is 0.778. The van der Waals surface area contributed by atoms with Crippen molar-refractivity contribution >= 4 is 6.09 Å². The predicted octanol–water partition coefficient (Wildman–Crippen LogP) is 4.16. The Morgan fingerprint density at radius 1 is 1.26 bits per heavy atom. The van der Waals surface area contributed by atoms with E-state index in [1.165, 1.54) is 0 Å². The van der Waals surface area contributed by atoms with Gasteiger partial charge in [0.25, 0.3) is 0 Å². The van der Waals surface area contributed by atoms with Crippen molar-refractivity contribution in [1.82, 2.24) is 10.5 Å². The number of nitrogens with one attached hydrogen (secondary N) is 1. The lowest BCUT2D eigenvalue weighted by atomic mass is 9.38. The van der Waals surface area contributed by atoms with E-state index in [2.05, 4.69) is 15.2 Å². The second kappa shape index (κ2) is 5.62. The molecule has 1 N–H and O–H groups in total. The Morgan fingerprint density at radius 2 is 1.89 bits per heavy atom. The molecule has 1 aromatic rings. The molecule has 27 heavy (non-hydrogen) atoms. The molecule has 9 heteroatoms. The maximum atomic E-state index is 12.2. The maximum absolute atomic E-state index is 12.2. The first-order chi connectivity index (χ1) is 12.4. The minimum atomic E-state index is -4.59. The summed E-state index contributed by atoms with van der Waals surface area (Å²) in [6.07, 6.45) is -2.93. The molecule has 4 saturated carbocycles. The summed E-state index contributed by atoms with van der Waals surface area (Å²) in [7, 11) is 0. The van der Waals surface area contributed by atoms with Gasteiger partial charge in [-0.3, -0.25) is 4.74 Å². The van der Waals surface area contributed by atoms with Crippen LogP contribution in [0.4, 0.5) is 18.0 Å². The van der Waals surface area contributed by atoms with E-state index in [0.717, 1.165) is 25.0 Å². The van der Waals surface area contributed by atoms with Crippen LogP contribution < -0.4 is 5.32 Å². The zero-order valence-corrected chi connectivity index (χ0v) is 15.5. The molecule has 1 heterocycles. The van der Waals surface area contributed by atoms with Gasteiger partial charge in [-0.1, -0.05) is 5.16 Å². The average molecular weight is 388 g/mol. The molecule has 0 aromatic carbocycles. The largest absolute Gasteiger partial charge is 0.522 e. The van der Waals surface area contributed by atoms with Gasteiger partial charge < -0.3 is 14.6 Å². The Bertz CT molecular complexity index is 727. The topological polar surface area (TPSA) is 73.6 Å². The van der Waals surface area contributed by atoms with Crippen molar-refractivity contribution < 1.29 is 32.0 Å². The van der Waals surface area contributed by atoms with Crippen LogP contribution in [0.5, 0.6) is 0 Å². The molecule has 1 aromatic heterocycles. The van der Waals surface area contributed by atoms with Crippen LogP contribution >= 0.6 is 0 Å². The van der Waals surface area contributed by atoms with Crippen LogP contribution in [0.1, 0.15) is 70.2 Å². The molecule has 150 valence electrons. The number of carbonyl (C=O) groups excluding carboxylic acids is 1. The van der Waals surface area contributed by atoms with Crippen molar-refractivity contribution in [2.45, 2.75) is 87.8 Å². The highest BCUT2D eigenvalue weighted by atomic mass is 19.4. The van der Waals surface area contributed by atoms with Crippen LogP contribution in [0, 0.1) is 0 Å². The zero-order valence-electron chi connectivity index (χ0n) is 15.5. The molecule has 4 fully saturated rings. The zero-order chi connectivity index (χ0) is 19.7. The number of rotatable bonds is 4. The number of alkyl halides is 3. The summed E-state index contributed by atoms with van der Waals surface area (Å²) in [6, 6.07) is 1.85. The standard InChI is InChI=1S/C18H23F3N2O4/c1-15(2,3)26-14(24)22-17-7-16(8-17,9-17)13-6-12(27-23-13)10-4-11(5-10)25-18(19,20)21/h6,10-11H,4-5,7-9H2,1-3H3,(H,22,24)/t10-,11+,16?,17?. The van der Waals surface area contributed by atoms with E-state index in [0.29, 0.717) is 5.76 Å². The van der Waals surface area contributed by atoms with Crippen molar-refractivity contribution in [3.05, 3.63) is 17.5 Å². The van der Waals surface area contributed by atoms with Gasteiger partial charge in [0, 0.05) is 22.9 Å². The van der Waals surface area contributed by atoms with Gasteiger partial charge in [0.1, 0.15) is 11.4 Å². The Balaban J connectivity index is 1.28. The first-order valence-corrected chi connectivity index (χ1v) is 9.10. The molecular weight excluding hydrogens is 365 g/mol. The first-order valence-electron chi connectivity index (χ1n) is 9.10. The molecule has 0 saturated heterocycles. The summed E-state index contributed by atoms with van der Waals surface area (Å²) in [5.74, 6) is 0.533. The number of amides is 1. The van der Waals surface area contributed by atoms with E-state index in [9.17, 15) is 18.0 Å². The average Bonchev–Trinajstić information content (AvgIpc) is 2.81. The van der Waals surface area contributed by atoms with Gasteiger partial charge in [-0.05, 0) is 52.9 Å². The number of alkyl carbamates (subject to hydrolysis) is 1. The molecule has 5 rings (SSSR count). The van der Waals surface area contributed by atoms with E-state index < -0.39 is 24.2 Å². The number of halogens is 3. The number of nitrogens with zero attached hydrogens (tertiary/aromatic N) is 1. The fourth-order valence-electron chi connectivity index (χ4n) is 4.53. The second-order valence-electron chi connectivity index (χ2n) is 9.19. The molecule has 0 radical (unpaired) electrons. The van der Waals surface area contributed by atoms with E-state index >= 15 is 0 Å². The molecule has 1 amide bonds. The van der Waals surface area contributed by atoms with Crippen molar-refractivity contribution in [2.75, 3.05) is 0 Å². The van der Waals surface area contributed by atoms with Crippen LogP contribution in [0.2, 0.25) is 0 Å². The van der Waals surface area contributed by atoms with Gasteiger partial charge in [0.15, 0.2) is 0 Å². The molecule has 0 unspecified atom stereocenters. The normalized spacial score (nSPS) is 34.9. The SMILES string of the molecule is CC(C)(C)OC(=O)NC12CC(c3cc([C@H]4C[C@@H](OC(F)(F)F)C4)on3)(C1)C2. The molecule has 0 atom stereocenters. The maximum Gasteiger partial charge on any atom is 0.522 e. The molecular formula is C18H23F3N2O4. The highest BCUT2D eigenvalue weighted by Crippen LogP contribution is 2.67. The van der Waals surface area contributed by atoms with E-state index in [1.807, 2.05) is 26.8 Å². The monoisotopic (exact) mass is 388 g/mol. The van der Waals surface area contributed by atoms with Gasteiger partial charge in [0.2, 0.25) is 0 Å². The van der Waals surface area contributed by atoms with Crippen molar-refractivity contribution in [3.8, 4) is 0 Å². The van der Waals surface area contributed by atoms with Crippen LogP contribution in [-0.2, 0) is 14.9 Å². The molecule has 6 nitrogen and oxygen atoms in total. The molecule has 0 aliphatic heterocycles. The summed E-state index contributed by atoms with van der Waals surface area (Å²) < 4.78 is 51.3. The number of hydrogen-bond acceptors (Lipinski definition) is 5. The first kappa shape index (κ1) is 18.6. The number of aromatic nitrogens is 1. The number of carbonyl (C=O) groups is 1. The second-order valence-corrected chi connectivity index (χ2v) is 9.19. The van der Waals surface area contributed by atoms with Crippen molar-refractivity contribution in [3.63, 3.8) is 0 Å². The number of hydrogen-bond donors (Lipinski definition) is 1. The molecule has 4 aliphatic rings. The quantitative estimate of drug-likeness (QED) is 0.839. The van der Waals surface area contributed by atoms with Crippen molar-refractivity contribution in [2.24, 2.45) is 0 Å². The molecule has 4 aliphatic carbocycles. The van der Waals surface area contributed by atoms with E-state index in [1.54, 1.807) is 0 Å². The van der Waals surface area contributed by atoms with Gasteiger partial charge in [-0.15, -0.1) is 13.2 Å². The molecule has 2 bridgehead atoms.